The molecule has 3 nitrogen and oxygen atoms in total. The van der Waals surface area contributed by atoms with Crippen LogP contribution >= 0.6 is 15.9 Å². The summed E-state index contributed by atoms with van der Waals surface area (Å²) in [5, 5.41) is 0. The van der Waals surface area contributed by atoms with Crippen molar-refractivity contribution >= 4 is 32.7 Å². The number of benzene rings is 2. The third kappa shape index (κ3) is 2.00. The zero-order chi connectivity index (χ0) is 13.6. The summed E-state index contributed by atoms with van der Waals surface area (Å²) in [7, 11) is 0. The molecule has 0 aliphatic heterocycles. The number of nitrogens with one attached hydrogen (secondary N) is 1. The van der Waals surface area contributed by atoms with Gasteiger partial charge in [-0.3, -0.25) is 0 Å². The second-order valence-electron chi connectivity index (χ2n) is 4.41. The van der Waals surface area contributed by atoms with Gasteiger partial charge in [0.1, 0.15) is 11.6 Å². The van der Waals surface area contributed by atoms with E-state index in [1.807, 2.05) is 19.1 Å². The van der Waals surface area contributed by atoms with Crippen LogP contribution in [0.3, 0.4) is 0 Å². The number of anilines is 1. The number of aryl methyl sites for hydroxylation is 1. The van der Waals surface area contributed by atoms with E-state index in [0.29, 0.717) is 17.1 Å². The number of aromatic amines is 1. The van der Waals surface area contributed by atoms with E-state index in [-0.39, 0.29) is 5.82 Å². The SMILES string of the molecule is Cc1cc(Br)cc2[nH]c(-c3c(N)cccc3F)nc12. The van der Waals surface area contributed by atoms with Gasteiger partial charge in [0.2, 0.25) is 0 Å². The minimum absolute atomic E-state index is 0.314. The Kier molecular flexibility index (Phi) is 2.78. The monoisotopic (exact) mass is 319 g/mol. The van der Waals surface area contributed by atoms with Gasteiger partial charge >= 0.3 is 0 Å². The Hall–Kier alpha value is -1.88. The Morgan fingerprint density at radius 2 is 2.11 bits per heavy atom. The highest BCUT2D eigenvalue weighted by atomic mass is 79.9. The van der Waals surface area contributed by atoms with Crippen molar-refractivity contribution in [3.8, 4) is 11.4 Å². The fourth-order valence-corrected chi connectivity index (χ4v) is 2.73. The van der Waals surface area contributed by atoms with E-state index >= 15 is 0 Å². The number of halogens is 2. The highest BCUT2D eigenvalue weighted by Crippen LogP contribution is 2.30. The summed E-state index contributed by atoms with van der Waals surface area (Å²) in [4.78, 5) is 7.56. The average molecular weight is 320 g/mol. The lowest BCUT2D eigenvalue weighted by Gasteiger charge is -2.02. The largest absolute Gasteiger partial charge is 0.398 e. The molecule has 5 heteroatoms. The predicted molar refractivity (Wildman–Crippen MR) is 78.3 cm³/mol. The number of H-pyrrole nitrogens is 1. The Morgan fingerprint density at radius 1 is 1.32 bits per heavy atom. The van der Waals surface area contributed by atoms with Gasteiger partial charge in [-0.1, -0.05) is 22.0 Å². The van der Waals surface area contributed by atoms with Crippen molar-refractivity contribution < 1.29 is 4.39 Å². The molecule has 0 saturated heterocycles. The van der Waals surface area contributed by atoms with Crippen molar-refractivity contribution in [1.82, 2.24) is 9.97 Å². The van der Waals surface area contributed by atoms with Crippen molar-refractivity contribution in [2.24, 2.45) is 0 Å². The molecule has 0 aliphatic carbocycles. The topological polar surface area (TPSA) is 54.7 Å². The summed E-state index contributed by atoms with van der Waals surface area (Å²) in [5.41, 5.74) is 9.21. The molecular formula is C14H11BrFN3. The maximum atomic E-state index is 13.9. The van der Waals surface area contributed by atoms with Crippen LogP contribution < -0.4 is 5.73 Å². The van der Waals surface area contributed by atoms with Crippen LogP contribution in [0.4, 0.5) is 10.1 Å². The standard InChI is InChI=1S/C14H11BrFN3/c1-7-5-8(15)6-11-13(7)19-14(18-11)12-9(16)3-2-4-10(12)17/h2-6H,17H2,1H3,(H,18,19). The quantitative estimate of drug-likeness (QED) is 0.665. The fourth-order valence-electron chi connectivity index (χ4n) is 2.16. The average Bonchev–Trinajstić information content (AvgIpc) is 2.72. The first-order valence-electron chi connectivity index (χ1n) is 5.76. The summed E-state index contributed by atoms with van der Waals surface area (Å²) in [5.74, 6) is 0.0718. The predicted octanol–water partition coefficient (Wildman–Crippen LogP) is 4.02. The number of fused-ring (bicyclic) bond motifs is 1. The molecule has 0 bridgehead atoms. The van der Waals surface area contributed by atoms with Crippen molar-refractivity contribution in [3.63, 3.8) is 0 Å². The van der Waals surface area contributed by atoms with E-state index in [2.05, 4.69) is 25.9 Å². The fraction of sp³-hybridized carbons (Fsp3) is 0.0714. The Morgan fingerprint density at radius 3 is 2.84 bits per heavy atom. The molecule has 0 aliphatic rings. The Labute approximate surface area is 117 Å². The van der Waals surface area contributed by atoms with Crippen molar-refractivity contribution in [2.45, 2.75) is 6.92 Å². The third-order valence-corrected chi connectivity index (χ3v) is 3.48. The number of nitrogen functional groups attached to an aromatic ring is 1. The summed E-state index contributed by atoms with van der Waals surface area (Å²) in [6.45, 7) is 1.96. The molecular weight excluding hydrogens is 309 g/mol. The molecule has 0 unspecified atom stereocenters. The van der Waals surface area contributed by atoms with Gasteiger partial charge in [0.15, 0.2) is 0 Å². The number of rotatable bonds is 1. The molecule has 3 N–H and O–H groups in total. The zero-order valence-electron chi connectivity index (χ0n) is 10.2. The van der Waals surface area contributed by atoms with Crippen LogP contribution in [-0.2, 0) is 0 Å². The van der Waals surface area contributed by atoms with Gasteiger partial charge in [0.25, 0.3) is 0 Å². The number of nitrogens with two attached hydrogens (primary N) is 1. The molecule has 1 aromatic heterocycles. The van der Waals surface area contributed by atoms with Crippen molar-refractivity contribution in [2.75, 3.05) is 5.73 Å². The van der Waals surface area contributed by atoms with Crippen LogP contribution in [0.2, 0.25) is 0 Å². The number of hydrogen-bond donors (Lipinski definition) is 2. The minimum atomic E-state index is -0.379. The second-order valence-corrected chi connectivity index (χ2v) is 5.32. The maximum absolute atomic E-state index is 13.9. The van der Waals surface area contributed by atoms with Crippen LogP contribution in [0.25, 0.3) is 22.4 Å². The normalized spacial score (nSPS) is 11.1. The number of imidazole rings is 1. The molecule has 0 atom stereocenters. The van der Waals surface area contributed by atoms with E-state index in [1.165, 1.54) is 6.07 Å². The molecule has 1 heterocycles. The van der Waals surface area contributed by atoms with E-state index in [9.17, 15) is 4.39 Å². The minimum Gasteiger partial charge on any atom is -0.398 e. The van der Waals surface area contributed by atoms with Crippen LogP contribution in [0.15, 0.2) is 34.8 Å². The Bertz CT molecular complexity index is 759. The van der Waals surface area contributed by atoms with Crippen LogP contribution in [0.1, 0.15) is 5.56 Å². The highest BCUT2D eigenvalue weighted by Gasteiger charge is 2.14. The van der Waals surface area contributed by atoms with Gasteiger partial charge in [-0.05, 0) is 36.8 Å². The molecule has 0 fully saturated rings. The van der Waals surface area contributed by atoms with E-state index in [4.69, 9.17) is 5.73 Å². The molecule has 0 saturated carbocycles. The molecule has 96 valence electrons. The first-order valence-corrected chi connectivity index (χ1v) is 6.56. The van der Waals surface area contributed by atoms with Crippen LogP contribution in [0, 0.1) is 12.7 Å². The molecule has 0 radical (unpaired) electrons. The third-order valence-electron chi connectivity index (χ3n) is 3.02. The summed E-state index contributed by atoms with van der Waals surface area (Å²) >= 11 is 3.43. The van der Waals surface area contributed by atoms with Gasteiger partial charge in [-0.2, -0.15) is 0 Å². The molecule has 3 rings (SSSR count). The van der Waals surface area contributed by atoms with Gasteiger partial charge in [0, 0.05) is 10.2 Å². The molecule has 19 heavy (non-hydrogen) atoms. The van der Waals surface area contributed by atoms with Crippen molar-refractivity contribution in [3.05, 3.63) is 46.2 Å². The van der Waals surface area contributed by atoms with Gasteiger partial charge in [0.05, 0.1) is 16.6 Å². The molecule has 0 amide bonds. The Balaban J connectivity index is 2.30. The molecule has 2 aromatic carbocycles. The zero-order valence-corrected chi connectivity index (χ0v) is 11.8. The first-order chi connectivity index (χ1) is 9.06. The summed E-state index contributed by atoms with van der Waals surface area (Å²) < 4.78 is 14.8. The molecule has 0 spiro atoms. The van der Waals surface area contributed by atoms with Crippen molar-refractivity contribution in [1.29, 1.82) is 0 Å². The number of nitrogens with zero attached hydrogens (tertiary/aromatic N) is 1. The lowest BCUT2D eigenvalue weighted by Crippen LogP contribution is -1.94. The van der Waals surface area contributed by atoms with Gasteiger partial charge in [-0.25, -0.2) is 9.37 Å². The van der Waals surface area contributed by atoms with Gasteiger partial charge < -0.3 is 10.7 Å². The summed E-state index contributed by atoms with van der Waals surface area (Å²) in [6.07, 6.45) is 0. The van der Waals surface area contributed by atoms with Gasteiger partial charge in [-0.15, -0.1) is 0 Å². The van der Waals surface area contributed by atoms with E-state index in [0.717, 1.165) is 21.1 Å². The second kappa shape index (κ2) is 4.35. The lowest BCUT2D eigenvalue weighted by molar-refractivity contribution is 0.631. The van der Waals surface area contributed by atoms with E-state index in [1.54, 1.807) is 12.1 Å². The summed E-state index contributed by atoms with van der Waals surface area (Å²) in [6, 6.07) is 8.50. The molecule has 3 aromatic rings. The number of aromatic nitrogens is 2. The van der Waals surface area contributed by atoms with Crippen LogP contribution in [0.5, 0.6) is 0 Å². The smallest absolute Gasteiger partial charge is 0.143 e. The van der Waals surface area contributed by atoms with E-state index < -0.39 is 0 Å². The maximum Gasteiger partial charge on any atom is 0.143 e. The highest BCUT2D eigenvalue weighted by molar-refractivity contribution is 9.10. The van der Waals surface area contributed by atoms with Crippen LogP contribution in [-0.4, -0.2) is 9.97 Å². The number of hydrogen-bond acceptors (Lipinski definition) is 2. The lowest BCUT2D eigenvalue weighted by atomic mass is 10.1. The first kappa shape index (κ1) is 12.2.